The van der Waals surface area contributed by atoms with Crippen LogP contribution >= 0.6 is 0 Å². The fraction of sp³-hybridized carbons (Fsp3) is 1.00. The third kappa shape index (κ3) is 5.32. The van der Waals surface area contributed by atoms with E-state index >= 15 is 0 Å². The van der Waals surface area contributed by atoms with Crippen molar-refractivity contribution in [2.45, 2.75) is 98.1 Å². The van der Waals surface area contributed by atoms with Gasteiger partial charge >= 0.3 is 0 Å². The van der Waals surface area contributed by atoms with Gasteiger partial charge in [0.1, 0.15) is 42.7 Å². The van der Waals surface area contributed by atoms with Gasteiger partial charge in [-0.1, -0.05) is 0 Å². The minimum atomic E-state index is -1.56. The number of aliphatic hydroxyl groups excluding tert-OH is 5. The predicted octanol–water partition coefficient (Wildman–Crippen LogP) is -7.36. The van der Waals surface area contributed by atoms with Gasteiger partial charge in [-0.05, 0) is 6.42 Å². The molecule has 2 aliphatic heterocycles. The van der Waals surface area contributed by atoms with E-state index in [1.54, 1.807) is 0 Å². The van der Waals surface area contributed by atoms with Crippen molar-refractivity contribution in [3.8, 4) is 0 Å². The highest BCUT2D eigenvalue weighted by molar-refractivity contribution is 5.02. The van der Waals surface area contributed by atoms with E-state index in [2.05, 4.69) is 0 Å². The number of aliphatic hydroxyl groups is 5. The Hall–Kier alpha value is -0.600. The van der Waals surface area contributed by atoms with E-state index in [1.807, 2.05) is 0 Å². The van der Waals surface area contributed by atoms with Crippen LogP contribution in [0.2, 0.25) is 0 Å². The van der Waals surface area contributed by atoms with Gasteiger partial charge in [0, 0.05) is 25.2 Å². The molecule has 194 valence electrons. The van der Waals surface area contributed by atoms with Crippen LogP contribution in [0, 0.1) is 0 Å². The summed E-state index contributed by atoms with van der Waals surface area (Å²) in [4.78, 5) is 0. The van der Waals surface area contributed by atoms with E-state index in [0.717, 1.165) is 0 Å². The SMILES string of the molecule is NC[C@H]1O[C@@H](O[C@@H]2[C@@H](O)[C@H](N)C[C@H](N)[C@H]2O[C@H]2O[C@H](CN)[C@@H](O)[C@H](O)[C@H]2N)[C@H](O)[C@H](O)[C@@H]1N. The molecule has 2 heterocycles. The number of ether oxygens (including phenoxy) is 4. The highest BCUT2D eigenvalue weighted by Crippen LogP contribution is 2.31. The Labute approximate surface area is 190 Å². The number of hydrogen-bond acceptors (Lipinski definition) is 15. The summed E-state index contributed by atoms with van der Waals surface area (Å²) in [5.74, 6) is 0. The van der Waals surface area contributed by atoms with Crippen molar-refractivity contribution in [2.75, 3.05) is 13.1 Å². The molecule has 3 rings (SSSR count). The van der Waals surface area contributed by atoms with E-state index in [4.69, 9.17) is 53.3 Å². The molecule has 0 aromatic carbocycles. The van der Waals surface area contributed by atoms with Crippen molar-refractivity contribution in [3.63, 3.8) is 0 Å². The van der Waals surface area contributed by atoms with Crippen LogP contribution in [0.5, 0.6) is 0 Å². The van der Waals surface area contributed by atoms with Crippen molar-refractivity contribution >= 4 is 0 Å². The number of hydrogen-bond donors (Lipinski definition) is 11. The van der Waals surface area contributed by atoms with Gasteiger partial charge in [0.15, 0.2) is 12.6 Å². The minimum absolute atomic E-state index is 0.0531. The first-order valence-corrected chi connectivity index (χ1v) is 11.0. The molecule has 0 amide bonds. The average molecular weight is 483 g/mol. The predicted molar refractivity (Wildman–Crippen MR) is 112 cm³/mol. The van der Waals surface area contributed by atoms with Gasteiger partial charge in [-0.3, -0.25) is 0 Å². The number of rotatable bonds is 6. The monoisotopic (exact) mass is 482 g/mol. The second-order valence-electron chi connectivity index (χ2n) is 8.93. The molecule has 33 heavy (non-hydrogen) atoms. The van der Waals surface area contributed by atoms with Gasteiger partial charge < -0.3 is 78.9 Å². The van der Waals surface area contributed by atoms with E-state index in [1.165, 1.54) is 0 Å². The molecule has 3 fully saturated rings. The molecular formula is C18H38N6O9. The van der Waals surface area contributed by atoms with E-state index in [9.17, 15) is 25.5 Å². The normalized spacial score (nSPS) is 53.7. The van der Waals surface area contributed by atoms with Crippen LogP contribution < -0.4 is 34.4 Å². The quantitative estimate of drug-likeness (QED) is 0.167. The van der Waals surface area contributed by atoms with Crippen LogP contribution in [0.1, 0.15) is 6.42 Å². The molecule has 1 saturated carbocycles. The summed E-state index contributed by atoms with van der Waals surface area (Å²) < 4.78 is 23.0. The van der Waals surface area contributed by atoms with E-state index in [0.29, 0.717) is 0 Å². The molecule has 2 saturated heterocycles. The standard InChI is InChI=1S/C18H38N6O9/c19-2-6-8(23)12(27)14(29)18(30-6)33-16-10(25)4(21)1-5(22)15(16)32-17-9(24)13(28)11(26)7(3-20)31-17/h4-18,25-29H,1-3,19-24H2/t4-,5+,6-,7-,8-,9-,10+,11-,12-,13-,14-,15-,16-,17-,18+/m1/s1. The van der Waals surface area contributed by atoms with Crippen molar-refractivity contribution in [1.29, 1.82) is 0 Å². The van der Waals surface area contributed by atoms with Crippen molar-refractivity contribution in [1.82, 2.24) is 0 Å². The molecule has 0 unspecified atom stereocenters. The van der Waals surface area contributed by atoms with Gasteiger partial charge in [-0.25, -0.2) is 0 Å². The van der Waals surface area contributed by atoms with E-state index < -0.39 is 91.7 Å². The molecule has 15 heteroatoms. The molecule has 15 atom stereocenters. The Morgan fingerprint density at radius 2 is 1.15 bits per heavy atom. The van der Waals surface area contributed by atoms with Crippen LogP contribution in [0.3, 0.4) is 0 Å². The van der Waals surface area contributed by atoms with Gasteiger partial charge in [0.2, 0.25) is 0 Å². The van der Waals surface area contributed by atoms with Crippen molar-refractivity contribution < 1.29 is 44.5 Å². The smallest absolute Gasteiger partial charge is 0.187 e. The highest BCUT2D eigenvalue weighted by Gasteiger charge is 2.51. The van der Waals surface area contributed by atoms with Gasteiger partial charge in [-0.15, -0.1) is 0 Å². The maximum absolute atomic E-state index is 10.8. The molecule has 0 radical (unpaired) electrons. The first kappa shape index (κ1) is 27.0. The molecule has 0 bridgehead atoms. The van der Waals surface area contributed by atoms with Crippen LogP contribution in [0.25, 0.3) is 0 Å². The molecule has 0 aromatic heterocycles. The lowest BCUT2D eigenvalue weighted by Crippen LogP contribution is -2.69. The zero-order chi connectivity index (χ0) is 24.6. The summed E-state index contributed by atoms with van der Waals surface area (Å²) in [5, 5.41) is 51.8. The molecule has 17 N–H and O–H groups in total. The summed E-state index contributed by atoms with van der Waals surface area (Å²) in [6, 6.07) is -3.69. The average Bonchev–Trinajstić information content (AvgIpc) is 2.79. The fourth-order valence-electron chi connectivity index (χ4n) is 4.46. The summed E-state index contributed by atoms with van der Waals surface area (Å²) in [5.41, 5.74) is 35.3. The lowest BCUT2D eigenvalue weighted by atomic mass is 9.84. The molecule has 0 aromatic rings. The summed E-state index contributed by atoms with van der Waals surface area (Å²) >= 11 is 0. The lowest BCUT2D eigenvalue weighted by Gasteiger charge is -2.48. The third-order valence-corrected chi connectivity index (χ3v) is 6.62. The molecule has 15 nitrogen and oxygen atoms in total. The Morgan fingerprint density at radius 3 is 1.76 bits per heavy atom. The second kappa shape index (κ2) is 11.0. The largest absolute Gasteiger partial charge is 0.389 e. The van der Waals surface area contributed by atoms with Gasteiger partial charge in [0.05, 0.1) is 24.3 Å². The van der Waals surface area contributed by atoms with Crippen molar-refractivity contribution in [2.24, 2.45) is 34.4 Å². The maximum Gasteiger partial charge on any atom is 0.187 e. The Kier molecular flexibility index (Phi) is 8.99. The zero-order valence-electron chi connectivity index (χ0n) is 18.1. The summed E-state index contributed by atoms with van der Waals surface area (Å²) in [7, 11) is 0. The van der Waals surface area contributed by atoms with E-state index in [-0.39, 0.29) is 19.5 Å². The van der Waals surface area contributed by atoms with Crippen LogP contribution in [-0.2, 0) is 18.9 Å². The van der Waals surface area contributed by atoms with Crippen molar-refractivity contribution in [3.05, 3.63) is 0 Å². The van der Waals surface area contributed by atoms with Crippen LogP contribution in [0.4, 0.5) is 0 Å². The zero-order valence-corrected chi connectivity index (χ0v) is 18.1. The second-order valence-corrected chi connectivity index (χ2v) is 8.93. The topological polar surface area (TPSA) is 294 Å². The molecular weight excluding hydrogens is 444 g/mol. The molecule has 1 aliphatic carbocycles. The third-order valence-electron chi connectivity index (χ3n) is 6.62. The van der Waals surface area contributed by atoms with Crippen LogP contribution in [-0.4, -0.2) is 130 Å². The van der Waals surface area contributed by atoms with Crippen LogP contribution in [0.15, 0.2) is 0 Å². The van der Waals surface area contributed by atoms with Gasteiger partial charge in [-0.2, -0.15) is 0 Å². The maximum atomic E-state index is 10.8. The first-order valence-electron chi connectivity index (χ1n) is 11.0. The Morgan fingerprint density at radius 1 is 0.606 bits per heavy atom. The summed E-state index contributed by atoms with van der Waals surface area (Å²) in [6.45, 7) is -0.169. The fourth-order valence-corrected chi connectivity index (χ4v) is 4.46. The molecule has 0 spiro atoms. The summed E-state index contributed by atoms with van der Waals surface area (Å²) in [6.07, 6.45) is -13.6. The molecule has 3 aliphatic rings. The Bertz CT molecular complexity index is 636. The lowest BCUT2D eigenvalue weighted by molar-refractivity contribution is -0.329. The first-order chi connectivity index (χ1) is 15.5. The number of nitrogens with two attached hydrogens (primary N) is 6. The minimum Gasteiger partial charge on any atom is -0.389 e. The van der Waals surface area contributed by atoms with Gasteiger partial charge in [0.25, 0.3) is 0 Å². The Balaban J connectivity index is 1.80. The highest BCUT2D eigenvalue weighted by atomic mass is 16.7.